The van der Waals surface area contributed by atoms with Gasteiger partial charge in [0.2, 0.25) is 0 Å². The van der Waals surface area contributed by atoms with Crippen molar-refractivity contribution in [2.75, 3.05) is 5.73 Å². The molecule has 4 nitrogen and oxygen atoms in total. The predicted molar refractivity (Wildman–Crippen MR) is 60.1 cm³/mol. The van der Waals surface area contributed by atoms with Gasteiger partial charge in [-0.25, -0.2) is 0 Å². The molecule has 0 aliphatic carbocycles. The summed E-state index contributed by atoms with van der Waals surface area (Å²) in [4.78, 5) is 10.7. The molecule has 0 fully saturated rings. The highest BCUT2D eigenvalue weighted by atomic mass is 32.1. The Balaban J connectivity index is 2.94. The molecule has 2 rings (SSSR count). The maximum absolute atomic E-state index is 10.8. The van der Waals surface area contributed by atoms with Crippen LogP contribution in [0.3, 0.4) is 0 Å². The molecule has 2 N–H and O–H groups in total. The minimum atomic E-state index is -0.451. The third kappa shape index (κ3) is 1.23. The van der Waals surface area contributed by atoms with Crippen molar-refractivity contribution in [3.8, 4) is 0 Å². The highest BCUT2D eigenvalue weighted by Gasteiger charge is 2.19. The number of nitro benzene ring substituents is 1. The van der Waals surface area contributed by atoms with Crippen LogP contribution < -0.4 is 5.73 Å². The lowest BCUT2D eigenvalue weighted by Crippen LogP contribution is -1.92. The van der Waals surface area contributed by atoms with E-state index < -0.39 is 4.92 Å². The number of fused-ring (bicyclic) bond motifs is 1. The molecule has 0 saturated carbocycles. The highest BCUT2D eigenvalue weighted by Crippen LogP contribution is 2.38. The first-order valence-electron chi connectivity index (χ1n) is 3.74. The van der Waals surface area contributed by atoms with Crippen LogP contribution >= 0.6 is 24.0 Å². The monoisotopic (exact) mass is 226 g/mol. The predicted octanol–water partition coefficient (Wildman–Crippen LogP) is 2.68. The molecule has 72 valence electrons. The molecular formula is C8H6N2O2S2. The lowest BCUT2D eigenvalue weighted by molar-refractivity contribution is -0.385. The second-order valence-electron chi connectivity index (χ2n) is 2.75. The summed E-state index contributed by atoms with van der Waals surface area (Å²) in [5.74, 6) is 0. The van der Waals surface area contributed by atoms with Crippen LogP contribution in [0.5, 0.6) is 0 Å². The molecule has 1 heterocycles. The van der Waals surface area contributed by atoms with E-state index in [9.17, 15) is 10.1 Å². The SMILES string of the molecule is Nc1csc2ccc(S)c([N+](=O)[O-])c12. The van der Waals surface area contributed by atoms with E-state index in [2.05, 4.69) is 12.6 Å². The second-order valence-corrected chi connectivity index (χ2v) is 4.15. The average molecular weight is 226 g/mol. The Morgan fingerprint density at radius 2 is 2.21 bits per heavy atom. The van der Waals surface area contributed by atoms with Crippen LogP contribution in [0.15, 0.2) is 22.4 Å². The van der Waals surface area contributed by atoms with Crippen molar-refractivity contribution in [1.29, 1.82) is 0 Å². The molecule has 1 aromatic heterocycles. The van der Waals surface area contributed by atoms with Crippen molar-refractivity contribution >= 4 is 45.4 Å². The minimum Gasteiger partial charge on any atom is -0.397 e. The lowest BCUT2D eigenvalue weighted by atomic mass is 10.2. The summed E-state index contributed by atoms with van der Waals surface area (Å²) in [6.45, 7) is 0. The van der Waals surface area contributed by atoms with Crippen LogP contribution in [0.1, 0.15) is 0 Å². The largest absolute Gasteiger partial charge is 0.397 e. The van der Waals surface area contributed by atoms with Crippen LogP contribution in [0.2, 0.25) is 0 Å². The Hall–Kier alpha value is -1.27. The van der Waals surface area contributed by atoms with E-state index in [1.165, 1.54) is 11.3 Å². The number of nitrogens with two attached hydrogens (primary N) is 1. The summed E-state index contributed by atoms with van der Waals surface area (Å²) in [5.41, 5.74) is 6.08. The molecule has 0 radical (unpaired) electrons. The molecule has 0 atom stereocenters. The standard InChI is InChI=1S/C8H6N2O2S2/c9-4-3-14-6-2-1-5(13)8(7(4)6)10(11)12/h1-3,13H,9H2. The van der Waals surface area contributed by atoms with Gasteiger partial charge in [0.15, 0.2) is 0 Å². The van der Waals surface area contributed by atoms with Crippen molar-refractivity contribution in [2.45, 2.75) is 4.90 Å². The number of hydrogen-bond acceptors (Lipinski definition) is 5. The van der Waals surface area contributed by atoms with E-state index in [1.54, 1.807) is 17.5 Å². The third-order valence-corrected chi connectivity index (χ3v) is 3.23. The van der Waals surface area contributed by atoms with Gasteiger partial charge >= 0.3 is 0 Å². The minimum absolute atomic E-state index is 0.00965. The Morgan fingerprint density at radius 3 is 2.86 bits per heavy atom. The van der Waals surface area contributed by atoms with Crippen molar-refractivity contribution in [3.63, 3.8) is 0 Å². The first-order valence-corrected chi connectivity index (χ1v) is 5.07. The second kappa shape index (κ2) is 3.14. The summed E-state index contributed by atoms with van der Waals surface area (Å²) in [7, 11) is 0. The Bertz CT molecular complexity index is 521. The van der Waals surface area contributed by atoms with Crippen LogP contribution in [-0.4, -0.2) is 4.92 Å². The zero-order valence-corrected chi connectivity index (χ0v) is 8.64. The fourth-order valence-electron chi connectivity index (χ4n) is 1.31. The van der Waals surface area contributed by atoms with Crippen LogP contribution in [0.25, 0.3) is 10.1 Å². The number of thiophene rings is 1. The smallest absolute Gasteiger partial charge is 0.293 e. The first kappa shape index (κ1) is 9.29. The highest BCUT2D eigenvalue weighted by molar-refractivity contribution is 7.80. The molecule has 6 heteroatoms. The quantitative estimate of drug-likeness (QED) is 0.446. The number of nitrogen functional groups attached to an aromatic ring is 1. The van der Waals surface area contributed by atoms with Gasteiger partial charge in [-0.05, 0) is 12.1 Å². The molecule has 0 amide bonds. The van der Waals surface area contributed by atoms with Gasteiger partial charge in [-0.2, -0.15) is 0 Å². The Morgan fingerprint density at radius 1 is 1.50 bits per heavy atom. The fraction of sp³-hybridized carbons (Fsp3) is 0. The van der Waals surface area contributed by atoms with Crippen molar-refractivity contribution < 1.29 is 4.92 Å². The van der Waals surface area contributed by atoms with Gasteiger partial charge in [0.1, 0.15) is 0 Å². The maximum atomic E-state index is 10.8. The van der Waals surface area contributed by atoms with E-state index in [1.807, 2.05) is 0 Å². The summed E-state index contributed by atoms with van der Waals surface area (Å²) in [6.07, 6.45) is 0. The van der Waals surface area contributed by atoms with Crippen LogP contribution in [0.4, 0.5) is 11.4 Å². The van der Waals surface area contributed by atoms with Crippen molar-refractivity contribution in [3.05, 3.63) is 27.6 Å². The first-order chi connectivity index (χ1) is 6.61. The number of rotatable bonds is 1. The zero-order chi connectivity index (χ0) is 10.3. The van der Waals surface area contributed by atoms with Gasteiger partial charge in [0.05, 0.1) is 20.9 Å². The summed E-state index contributed by atoms with van der Waals surface area (Å²) < 4.78 is 0.812. The Kier molecular flexibility index (Phi) is 2.09. The van der Waals surface area contributed by atoms with Gasteiger partial charge in [-0.3, -0.25) is 10.1 Å². The Labute approximate surface area is 88.9 Å². The van der Waals surface area contributed by atoms with Crippen molar-refractivity contribution in [1.82, 2.24) is 0 Å². The van der Waals surface area contributed by atoms with Gasteiger partial charge in [0.25, 0.3) is 5.69 Å². The molecule has 1 aromatic carbocycles. The molecule has 0 bridgehead atoms. The van der Waals surface area contributed by atoms with E-state index in [0.29, 0.717) is 16.0 Å². The molecule has 0 spiro atoms. The number of hydrogen-bond donors (Lipinski definition) is 2. The zero-order valence-electron chi connectivity index (χ0n) is 6.93. The van der Waals surface area contributed by atoms with Crippen molar-refractivity contribution in [2.24, 2.45) is 0 Å². The molecule has 0 unspecified atom stereocenters. The van der Waals surface area contributed by atoms with Gasteiger partial charge in [0, 0.05) is 10.1 Å². The van der Waals surface area contributed by atoms with E-state index in [0.717, 1.165) is 4.70 Å². The van der Waals surface area contributed by atoms with Gasteiger partial charge in [-0.15, -0.1) is 24.0 Å². The molecule has 0 saturated heterocycles. The molecule has 2 aromatic rings. The normalized spacial score (nSPS) is 10.6. The summed E-state index contributed by atoms with van der Waals surface area (Å²) in [6, 6.07) is 3.39. The van der Waals surface area contributed by atoms with Gasteiger partial charge < -0.3 is 5.73 Å². The number of nitrogens with zero attached hydrogens (tertiary/aromatic N) is 1. The molecular weight excluding hydrogens is 220 g/mol. The molecule has 0 aliphatic heterocycles. The molecule has 0 aliphatic rings. The van der Waals surface area contributed by atoms with E-state index >= 15 is 0 Å². The topological polar surface area (TPSA) is 69.2 Å². The van der Waals surface area contributed by atoms with Crippen LogP contribution in [0, 0.1) is 10.1 Å². The average Bonchev–Trinajstić information content (AvgIpc) is 2.47. The number of benzene rings is 1. The lowest BCUT2D eigenvalue weighted by Gasteiger charge is -1.98. The van der Waals surface area contributed by atoms with Gasteiger partial charge in [-0.1, -0.05) is 0 Å². The summed E-state index contributed by atoms with van der Waals surface area (Å²) in [5, 5.41) is 13.0. The summed E-state index contributed by atoms with van der Waals surface area (Å²) >= 11 is 5.43. The number of nitro groups is 1. The third-order valence-electron chi connectivity index (χ3n) is 1.90. The molecule has 14 heavy (non-hydrogen) atoms. The fourth-order valence-corrected chi connectivity index (χ4v) is 2.43. The maximum Gasteiger partial charge on any atom is 0.293 e. The van der Waals surface area contributed by atoms with Crippen LogP contribution in [-0.2, 0) is 0 Å². The number of anilines is 1. The van der Waals surface area contributed by atoms with E-state index in [-0.39, 0.29) is 5.69 Å². The van der Waals surface area contributed by atoms with E-state index in [4.69, 9.17) is 5.73 Å². The number of thiol groups is 1.